The molecular weight excluding hydrogens is 224 g/mol. The number of nitrogens with two attached hydrogens (primary N) is 1. The summed E-state index contributed by atoms with van der Waals surface area (Å²) in [6, 6.07) is 6.55. The summed E-state index contributed by atoms with van der Waals surface area (Å²) in [6.07, 6.45) is 1.87. The van der Waals surface area contributed by atoms with Gasteiger partial charge in [0.2, 0.25) is 10.0 Å². The highest BCUT2D eigenvalue weighted by Crippen LogP contribution is 2.26. The van der Waals surface area contributed by atoms with Crippen molar-refractivity contribution in [3.05, 3.63) is 24.3 Å². The number of anilines is 1. The van der Waals surface area contributed by atoms with Gasteiger partial charge < -0.3 is 5.73 Å². The molecule has 2 N–H and O–H groups in total. The van der Waals surface area contributed by atoms with Gasteiger partial charge in [0, 0.05) is 18.3 Å². The van der Waals surface area contributed by atoms with Gasteiger partial charge in [-0.2, -0.15) is 4.31 Å². The Balaban J connectivity index is 2.39. The molecule has 1 fully saturated rings. The minimum Gasteiger partial charge on any atom is -0.399 e. The smallest absolute Gasteiger partial charge is 0.243 e. The quantitative estimate of drug-likeness (QED) is 0.796. The first-order valence-electron chi connectivity index (χ1n) is 5.39. The van der Waals surface area contributed by atoms with Crippen LogP contribution in [0, 0.1) is 0 Å². The molecule has 0 saturated carbocycles. The predicted molar refractivity (Wildman–Crippen MR) is 63.4 cm³/mol. The van der Waals surface area contributed by atoms with Crippen molar-refractivity contribution in [1.29, 1.82) is 0 Å². The van der Waals surface area contributed by atoms with E-state index < -0.39 is 10.0 Å². The molecule has 0 radical (unpaired) electrons. The van der Waals surface area contributed by atoms with Crippen LogP contribution in [0.15, 0.2) is 29.2 Å². The van der Waals surface area contributed by atoms with Crippen LogP contribution in [-0.4, -0.2) is 25.3 Å². The lowest BCUT2D eigenvalue weighted by Crippen LogP contribution is -2.33. The normalized spacial score (nSPS) is 22.4. The Morgan fingerprint density at radius 3 is 2.75 bits per heavy atom. The van der Waals surface area contributed by atoms with Gasteiger partial charge in [-0.15, -0.1) is 0 Å². The molecule has 0 unspecified atom stereocenters. The van der Waals surface area contributed by atoms with Gasteiger partial charge in [0.25, 0.3) is 0 Å². The SMILES string of the molecule is C[C@H]1CCCN1S(=O)(=O)c1cccc(N)c1. The lowest BCUT2D eigenvalue weighted by atomic mass is 10.3. The van der Waals surface area contributed by atoms with Crippen LogP contribution in [0.25, 0.3) is 0 Å². The first-order valence-corrected chi connectivity index (χ1v) is 6.83. The fraction of sp³-hybridized carbons (Fsp3) is 0.455. The Labute approximate surface area is 96.1 Å². The molecule has 1 saturated heterocycles. The molecule has 0 bridgehead atoms. The Bertz CT molecular complexity index is 485. The van der Waals surface area contributed by atoms with Crippen molar-refractivity contribution in [2.45, 2.75) is 30.7 Å². The van der Waals surface area contributed by atoms with Crippen molar-refractivity contribution >= 4 is 15.7 Å². The first kappa shape index (κ1) is 11.4. The minimum absolute atomic E-state index is 0.0893. The van der Waals surface area contributed by atoms with Gasteiger partial charge in [-0.1, -0.05) is 6.07 Å². The Hall–Kier alpha value is -1.07. The zero-order chi connectivity index (χ0) is 11.8. The van der Waals surface area contributed by atoms with Crippen molar-refractivity contribution in [3.8, 4) is 0 Å². The summed E-state index contributed by atoms with van der Waals surface area (Å²) in [4.78, 5) is 0.293. The molecular formula is C11H16N2O2S. The van der Waals surface area contributed by atoms with Gasteiger partial charge in [0.05, 0.1) is 4.90 Å². The third-order valence-electron chi connectivity index (χ3n) is 2.96. The molecule has 1 aromatic rings. The summed E-state index contributed by atoms with van der Waals surface area (Å²) in [6.45, 7) is 2.55. The standard InChI is InChI=1S/C11H16N2O2S/c1-9-4-3-7-13(9)16(14,15)11-6-2-5-10(12)8-11/h2,5-6,8-9H,3-4,7,12H2,1H3/t9-/m0/s1. The second kappa shape index (κ2) is 4.07. The van der Waals surface area contributed by atoms with E-state index in [0.29, 0.717) is 17.1 Å². The lowest BCUT2D eigenvalue weighted by Gasteiger charge is -2.20. The van der Waals surface area contributed by atoms with Crippen LogP contribution in [0.2, 0.25) is 0 Å². The van der Waals surface area contributed by atoms with Gasteiger partial charge >= 0.3 is 0 Å². The summed E-state index contributed by atoms with van der Waals surface area (Å²) in [5, 5.41) is 0. The molecule has 2 rings (SSSR count). The van der Waals surface area contributed by atoms with Gasteiger partial charge in [-0.3, -0.25) is 0 Å². The topological polar surface area (TPSA) is 63.4 Å². The van der Waals surface area contributed by atoms with Gasteiger partial charge in [-0.25, -0.2) is 8.42 Å². The van der Waals surface area contributed by atoms with E-state index >= 15 is 0 Å². The van der Waals surface area contributed by atoms with Crippen LogP contribution < -0.4 is 5.73 Å². The average molecular weight is 240 g/mol. The molecule has 1 atom stereocenters. The molecule has 1 aliphatic rings. The molecule has 5 heteroatoms. The summed E-state index contributed by atoms with van der Waals surface area (Å²) in [5.41, 5.74) is 6.09. The van der Waals surface area contributed by atoms with Crippen molar-refractivity contribution in [3.63, 3.8) is 0 Å². The highest BCUT2D eigenvalue weighted by molar-refractivity contribution is 7.89. The maximum absolute atomic E-state index is 12.3. The largest absolute Gasteiger partial charge is 0.399 e. The van der Waals surface area contributed by atoms with Crippen LogP contribution in [0.5, 0.6) is 0 Å². The zero-order valence-electron chi connectivity index (χ0n) is 9.26. The average Bonchev–Trinajstić information content (AvgIpc) is 2.65. The fourth-order valence-corrected chi connectivity index (χ4v) is 3.83. The van der Waals surface area contributed by atoms with Crippen molar-refractivity contribution in [2.24, 2.45) is 0 Å². The number of nitrogen functional groups attached to an aromatic ring is 1. The zero-order valence-corrected chi connectivity index (χ0v) is 10.1. The van der Waals surface area contributed by atoms with Gasteiger partial charge in [0.1, 0.15) is 0 Å². The molecule has 1 heterocycles. The summed E-state index contributed by atoms with van der Waals surface area (Å²) < 4.78 is 26.1. The summed E-state index contributed by atoms with van der Waals surface area (Å²) in [7, 11) is -3.36. The first-order chi connectivity index (χ1) is 7.51. The predicted octanol–water partition coefficient (Wildman–Crippen LogP) is 1.44. The highest BCUT2D eigenvalue weighted by atomic mass is 32.2. The number of nitrogens with zero attached hydrogens (tertiary/aromatic N) is 1. The number of hydrogen-bond acceptors (Lipinski definition) is 3. The van der Waals surface area contributed by atoms with Crippen molar-refractivity contribution in [1.82, 2.24) is 4.31 Å². The number of benzene rings is 1. The fourth-order valence-electron chi connectivity index (χ4n) is 2.07. The maximum Gasteiger partial charge on any atom is 0.243 e. The molecule has 0 spiro atoms. The third kappa shape index (κ3) is 1.92. The third-order valence-corrected chi connectivity index (χ3v) is 4.97. The Morgan fingerprint density at radius 2 is 2.19 bits per heavy atom. The lowest BCUT2D eigenvalue weighted by molar-refractivity contribution is 0.408. The second-order valence-corrected chi connectivity index (χ2v) is 6.07. The molecule has 1 aromatic carbocycles. The van der Waals surface area contributed by atoms with E-state index in [9.17, 15) is 8.42 Å². The Morgan fingerprint density at radius 1 is 1.44 bits per heavy atom. The van der Waals surface area contributed by atoms with Crippen LogP contribution in [0.3, 0.4) is 0 Å². The van der Waals surface area contributed by atoms with E-state index in [4.69, 9.17) is 5.73 Å². The summed E-state index contributed by atoms with van der Waals surface area (Å²) >= 11 is 0. The molecule has 1 aliphatic heterocycles. The molecule has 0 aromatic heterocycles. The summed E-state index contributed by atoms with van der Waals surface area (Å²) in [5.74, 6) is 0. The molecule has 0 aliphatic carbocycles. The van der Waals surface area contributed by atoms with Gasteiger partial charge in [-0.05, 0) is 38.0 Å². The van der Waals surface area contributed by atoms with E-state index in [-0.39, 0.29) is 6.04 Å². The van der Waals surface area contributed by atoms with E-state index in [0.717, 1.165) is 12.8 Å². The second-order valence-electron chi connectivity index (χ2n) is 4.18. The molecule has 4 nitrogen and oxygen atoms in total. The van der Waals surface area contributed by atoms with Crippen molar-refractivity contribution in [2.75, 3.05) is 12.3 Å². The van der Waals surface area contributed by atoms with Crippen LogP contribution in [0.4, 0.5) is 5.69 Å². The Kier molecular flexibility index (Phi) is 2.90. The van der Waals surface area contributed by atoms with Crippen molar-refractivity contribution < 1.29 is 8.42 Å². The maximum atomic E-state index is 12.3. The number of hydrogen-bond donors (Lipinski definition) is 1. The number of rotatable bonds is 2. The van der Waals surface area contributed by atoms with E-state index in [1.807, 2.05) is 6.92 Å². The molecule has 16 heavy (non-hydrogen) atoms. The van der Waals surface area contributed by atoms with Crippen LogP contribution >= 0.6 is 0 Å². The highest BCUT2D eigenvalue weighted by Gasteiger charge is 2.32. The molecule has 88 valence electrons. The minimum atomic E-state index is -3.36. The van der Waals surface area contributed by atoms with Crippen LogP contribution in [0.1, 0.15) is 19.8 Å². The van der Waals surface area contributed by atoms with E-state index in [1.54, 1.807) is 22.5 Å². The molecule has 0 amide bonds. The monoisotopic (exact) mass is 240 g/mol. The number of sulfonamides is 1. The van der Waals surface area contributed by atoms with E-state index in [2.05, 4.69) is 0 Å². The van der Waals surface area contributed by atoms with Crippen LogP contribution in [-0.2, 0) is 10.0 Å². The van der Waals surface area contributed by atoms with Gasteiger partial charge in [0.15, 0.2) is 0 Å². The van der Waals surface area contributed by atoms with E-state index in [1.165, 1.54) is 6.07 Å².